The molecule has 2 heterocycles. The Morgan fingerprint density at radius 2 is 1.82 bits per heavy atom. The summed E-state index contributed by atoms with van der Waals surface area (Å²) in [4.78, 5) is 52.4. The molecule has 3 aromatic rings. The van der Waals surface area contributed by atoms with Crippen LogP contribution in [0.4, 0.5) is 20.4 Å². The number of benzene rings is 2. The smallest absolute Gasteiger partial charge is 0.251 e. The fourth-order valence-corrected chi connectivity index (χ4v) is 5.78. The van der Waals surface area contributed by atoms with Gasteiger partial charge >= 0.3 is 0 Å². The highest BCUT2D eigenvalue weighted by Gasteiger charge is 2.45. The van der Waals surface area contributed by atoms with Gasteiger partial charge < -0.3 is 5.32 Å². The molecule has 0 bridgehead atoms. The van der Waals surface area contributed by atoms with Gasteiger partial charge in [0.05, 0.1) is 11.6 Å². The van der Waals surface area contributed by atoms with E-state index in [2.05, 4.69) is 15.3 Å². The van der Waals surface area contributed by atoms with Gasteiger partial charge in [-0.15, -0.1) is 0 Å². The van der Waals surface area contributed by atoms with Crippen LogP contribution < -0.4 is 15.1 Å². The number of nitrogens with zero attached hydrogens (tertiary/aromatic N) is 6. The summed E-state index contributed by atoms with van der Waals surface area (Å²) in [5.41, 5.74) is 0.626. The Kier molecular flexibility index (Phi) is 8.83. The molecule has 2 atom stereocenters. The summed E-state index contributed by atoms with van der Waals surface area (Å²) >= 11 is 6.59. The monoisotopic (exact) mass is 617 g/mol. The lowest BCUT2D eigenvalue weighted by molar-refractivity contribution is -0.128. The average Bonchev–Trinajstić information content (AvgIpc) is 3.42. The first-order chi connectivity index (χ1) is 21.1. The van der Waals surface area contributed by atoms with Gasteiger partial charge in [-0.1, -0.05) is 35.9 Å². The van der Waals surface area contributed by atoms with Gasteiger partial charge in [0.15, 0.2) is 0 Å². The molecule has 0 unspecified atom stereocenters. The molecular formula is C31H26ClF2N7O3. The summed E-state index contributed by atoms with van der Waals surface area (Å²) in [6, 6.07) is 14.6. The molecule has 5 rings (SSSR count). The maximum atomic E-state index is 14.6. The van der Waals surface area contributed by atoms with Crippen LogP contribution in [0.5, 0.6) is 0 Å². The Morgan fingerprint density at radius 3 is 2.52 bits per heavy atom. The Bertz CT molecular complexity index is 1680. The third kappa shape index (κ3) is 6.36. The van der Waals surface area contributed by atoms with Gasteiger partial charge in [0.25, 0.3) is 5.91 Å². The third-order valence-corrected chi connectivity index (χ3v) is 8.07. The highest BCUT2D eigenvalue weighted by atomic mass is 35.5. The van der Waals surface area contributed by atoms with Crippen LogP contribution in [0.2, 0.25) is 5.02 Å². The molecule has 44 heavy (non-hydrogen) atoms. The summed E-state index contributed by atoms with van der Waals surface area (Å²) in [7, 11) is 0. The van der Waals surface area contributed by atoms with Gasteiger partial charge in [-0.3, -0.25) is 24.2 Å². The summed E-state index contributed by atoms with van der Waals surface area (Å²) in [6.45, 7) is 0. The second-order valence-corrected chi connectivity index (χ2v) is 11.0. The van der Waals surface area contributed by atoms with Crippen molar-refractivity contribution in [3.05, 3.63) is 82.6 Å². The molecule has 2 aromatic carbocycles. The maximum Gasteiger partial charge on any atom is 0.251 e. The Morgan fingerprint density at radius 1 is 1.07 bits per heavy atom. The number of carbonyl (C=O) groups excluding carboxylic acids is 3. The number of nitrogens with one attached hydrogen (secondary N) is 1. The number of hydrogen-bond donors (Lipinski definition) is 1. The van der Waals surface area contributed by atoms with Crippen molar-refractivity contribution in [1.29, 1.82) is 10.5 Å². The lowest BCUT2D eigenvalue weighted by Crippen LogP contribution is -2.53. The van der Waals surface area contributed by atoms with Gasteiger partial charge in [0.1, 0.15) is 23.8 Å². The van der Waals surface area contributed by atoms with Crippen LogP contribution in [0.15, 0.2) is 60.8 Å². The number of alkyl halides is 2. The van der Waals surface area contributed by atoms with Crippen LogP contribution >= 0.6 is 11.6 Å². The quantitative estimate of drug-likeness (QED) is 0.400. The zero-order valence-electron chi connectivity index (χ0n) is 23.3. The SMILES string of the molecule is N#Cc1cccc(N(C(=O)[C@@H]2CCC(=O)N2c2nccc(C#N)n2)[C@H](C(=O)NC2CCC(F)(F)CC2)c2ccccc2Cl)c1. The second kappa shape index (κ2) is 12.7. The minimum atomic E-state index is -2.81. The first-order valence-corrected chi connectivity index (χ1v) is 14.3. The highest BCUT2D eigenvalue weighted by molar-refractivity contribution is 6.31. The van der Waals surface area contributed by atoms with E-state index in [-0.39, 0.29) is 72.0 Å². The van der Waals surface area contributed by atoms with Crippen LogP contribution in [0.25, 0.3) is 0 Å². The minimum Gasteiger partial charge on any atom is -0.351 e. The molecule has 1 saturated carbocycles. The number of carbonyl (C=O) groups is 3. The van der Waals surface area contributed by atoms with E-state index in [9.17, 15) is 33.7 Å². The Labute approximate surface area is 256 Å². The molecule has 1 aliphatic heterocycles. The topological polar surface area (TPSA) is 143 Å². The van der Waals surface area contributed by atoms with Gasteiger partial charge in [0.2, 0.25) is 23.7 Å². The fourth-order valence-electron chi connectivity index (χ4n) is 5.54. The normalized spacial score (nSPS) is 18.6. The number of rotatable bonds is 7. The van der Waals surface area contributed by atoms with Crippen molar-refractivity contribution < 1.29 is 23.2 Å². The van der Waals surface area contributed by atoms with Crippen molar-refractivity contribution in [3.63, 3.8) is 0 Å². The van der Waals surface area contributed by atoms with Crippen molar-refractivity contribution in [2.75, 3.05) is 9.80 Å². The molecular weight excluding hydrogens is 592 g/mol. The predicted molar refractivity (Wildman–Crippen MR) is 155 cm³/mol. The van der Waals surface area contributed by atoms with E-state index in [0.717, 1.165) is 4.90 Å². The molecule has 2 aliphatic rings. The third-order valence-electron chi connectivity index (χ3n) is 7.73. The van der Waals surface area contributed by atoms with E-state index < -0.39 is 41.8 Å². The Hall–Kier alpha value is -4.94. The van der Waals surface area contributed by atoms with Gasteiger partial charge in [0, 0.05) is 47.8 Å². The number of amides is 3. The highest BCUT2D eigenvalue weighted by Crippen LogP contribution is 2.37. The number of halogens is 3. The molecule has 10 nitrogen and oxygen atoms in total. The van der Waals surface area contributed by atoms with Crippen molar-refractivity contribution in [3.8, 4) is 12.1 Å². The van der Waals surface area contributed by atoms with Gasteiger partial charge in [-0.25, -0.2) is 18.7 Å². The molecule has 13 heteroatoms. The van der Waals surface area contributed by atoms with Crippen LogP contribution in [-0.2, 0) is 14.4 Å². The van der Waals surface area contributed by atoms with Crippen molar-refractivity contribution in [2.45, 2.75) is 62.6 Å². The molecule has 1 saturated heterocycles. The fraction of sp³-hybridized carbons (Fsp3) is 0.323. The van der Waals surface area contributed by atoms with E-state index in [1.54, 1.807) is 36.4 Å². The number of nitriles is 2. The average molecular weight is 618 g/mol. The molecule has 2 fully saturated rings. The van der Waals surface area contributed by atoms with Crippen molar-refractivity contribution in [2.24, 2.45) is 0 Å². The van der Waals surface area contributed by atoms with Gasteiger partial charge in [-0.2, -0.15) is 10.5 Å². The largest absolute Gasteiger partial charge is 0.351 e. The molecule has 1 aromatic heterocycles. The first kappa shape index (κ1) is 30.5. The summed E-state index contributed by atoms with van der Waals surface area (Å²) in [5, 5.41) is 22.0. The lowest BCUT2D eigenvalue weighted by Gasteiger charge is -2.37. The van der Waals surface area contributed by atoms with E-state index >= 15 is 0 Å². The Balaban J connectivity index is 1.61. The first-order valence-electron chi connectivity index (χ1n) is 13.9. The summed E-state index contributed by atoms with van der Waals surface area (Å²) in [5.74, 6) is -4.76. The van der Waals surface area contributed by atoms with Crippen molar-refractivity contribution in [1.82, 2.24) is 15.3 Å². The molecule has 0 radical (unpaired) electrons. The van der Waals surface area contributed by atoms with Crippen LogP contribution in [0, 0.1) is 22.7 Å². The summed E-state index contributed by atoms with van der Waals surface area (Å²) < 4.78 is 27.8. The zero-order valence-corrected chi connectivity index (χ0v) is 24.0. The van der Waals surface area contributed by atoms with E-state index in [1.807, 2.05) is 12.1 Å². The minimum absolute atomic E-state index is 0.00847. The maximum absolute atomic E-state index is 14.6. The number of anilines is 2. The zero-order chi connectivity index (χ0) is 31.4. The molecule has 1 aliphatic carbocycles. The van der Waals surface area contributed by atoms with Gasteiger partial charge in [-0.05, 0) is 49.6 Å². The van der Waals surface area contributed by atoms with Crippen LogP contribution in [0.3, 0.4) is 0 Å². The predicted octanol–water partition coefficient (Wildman–Crippen LogP) is 4.84. The molecule has 0 spiro atoms. The summed E-state index contributed by atoms with van der Waals surface area (Å²) in [6.07, 6.45) is 0.649. The van der Waals surface area contributed by atoms with E-state index in [0.29, 0.717) is 0 Å². The van der Waals surface area contributed by atoms with Crippen LogP contribution in [0.1, 0.15) is 61.4 Å². The lowest BCUT2D eigenvalue weighted by atomic mass is 9.91. The molecule has 3 amide bonds. The van der Waals surface area contributed by atoms with Crippen LogP contribution in [-0.4, -0.2) is 45.7 Å². The van der Waals surface area contributed by atoms with E-state index in [1.165, 1.54) is 29.3 Å². The van der Waals surface area contributed by atoms with E-state index in [4.69, 9.17) is 11.6 Å². The second-order valence-electron chi connectivity index (χ2n) is 10.6. The molecule has 1 N–H and O–H groups in total. The number of hydrogen-bond acceptors (Lipinski definition) is 7. The standard InChI is InChI=1S/C31H26ClF2N7O3/c32-24-7-2-1-6-23(24)27(28(43)38-20-10-13-31(33,34)14-11-20)40(22-5-3-4-19(16-22)17-35)29(44)25-8-9-26(42)41(25)30-37-15-12-21(18-36)39-30/h1-7,12,15-16,20,25,27H,8-11,13-14H2,(H,38,43)/t25-,27-/m0/s1. The molecule has 224 valence electrons. The number of aromatic nitrogens is 2. The van der Waals surface area contributed by atoms with Crippen molar-refractivity contribution >= 4 is 41.0 Å².